The summed E-state index contributed by atoms with van der Waals surface area (Å²) in [5.74, 6) is -0.152. The van der Waals surface area contributed by atoms with E-state index in [1.54, 1.807) is 48.5 Å². The molecular formula is C36H27Cl2N3O5S2. The van der Waals surface area contributed by atoms with Gasteiger partial charge in [-0.3, -0.25) is 14.5 Å². The topological polar surface area (TPSA) is 102 Å². The van der Waals surface area contributed by atoms with E-state index in [0.717, 1.165) is 22.4 Å². The Hall–Kier alpha value is -4.35. The predicted octanol–water partition coefficient (Wildman–Crippen LogP) is 8.67. The van der Waals surface area contributed by atoms with Crippen LogP contribution < -0.4 is 14.4 Å². The number of benzene rings is 4. The number of fused-ring (bicyclic) bond motifs is 1. The molecule has 2 aliphatic rings. The van der Waals surface area contributed by atoms with E-state index < -0.39 is 17.7 Å². The summed E-state index contributed by atoms with van der Waals surface area (Å²) in [7, 11) is 0. The molecule has 2 unspecified atom stereocenters. The summed E-state index contributed by atoms with van der Waals surface area (Å²) in [5.41, 5.74) is 3.70. The number of anilines is 1. The summed E-state index contributed by atoms with van der Waals surface area (Å²) in [6, 6.07) is 26.5. The number of thioether (sulfide) groups is 1. The molecule has 1 N–H and O–H groups in total. The Morgan fingerprint density at radius 3 is 2.67 bits per heavy atom. The molecule has 8 nitrogen and oxygen atoms in total. The highest BCUT2D eigenvalue weighted by Crippen LogP contribution is 2.45. The summed E-state index contributed by atoms with van der Waals surface area (Å²) >= 11 is 15.0. The molecule has 1 aromatic heterocycles. The van der Waals surface area contributed by atoms with Crippen LogP contribution in [0, 0.1) is 0 Å². The molecule has 0 aliphatic carbocycles. The number of aliphatic hydroxyl groups is 1. The third-order valence-electron chi connectivity index (χ3n) is 8.00. The van der Waals surface area contributed by atoms with Gasteiger partial charge in [0.2, 0.25) is 5.13 Å². The molecule has 48 heavy (non-hydrogen) atoms. The minimum absolute atomic E-state index is 0.00166. The molecule has 12 heteroatoms. The van der Waals surface area contributed by atoms with Crippen molar-refractivity contribution in [3.05, 3.63) is 134 Å². The number of halogens is 2. The van der Waals surface area contributed by atoms with Crippen molar-refractivity contribution in [2.24, 2.45) is 0 Å². The summed E-state index contributed by atoms with van der Waals surface area (Å²) < 4.78 is 12.5. The van der Waals surface area contributed by atoms with Gasteiger partial charge in [-0.05, 0) is 71.6 Å². The molecule has 2 atom stereocenters. The smallest absolute Gasteiger partial charge is 0.301 e. The van der Waals surface area contributed by atoms with E-state index >= 15 is 0 Å². The number of Topliss-reactive ketones (excluding diaryl/α,β-unsaturated/α-hetero) is 1. The molecule has 242 valence electrons. The standard InChI is InChI=1S/C36H27Cl2N3O5S2/c1-20-14-25-15-23(11-13-29(25)46-20)32(42)30-31(22-8-5-9-27(16-22)45-18-21-6-3-2-4-7-21)41(34(44)33(30)43)35-39-40-36(48-35)47-19-24-10-12-26(37)17-28(24)38/h2-13,15-17,20,31,42H,14,18-19H2,1H3/b32-30-. The van der Waals surface area contributed by atoms with Gasteiger partial charge < -0.3 is 14.6 Å². The van der Waals surface area contributed by atoms with Crippen molar-refractivity contribution < 1.29 is 24.2 Å². The SMILES string of the molecule is CC1Cc2cc(/C(O)=C3/C(=O)C(=O)N(c4nnc(SCc5ccc(Cl)cc5Cl)s4)C3c3cccc(OCc4ccccc4)c3)ccc2O1. The normalized spacial score (nSPS) is 18.2. The fraction of sp³-hybridized carbons (Fsp3) is 0.167. The van der Waals surface area contributed by atoms with Crippen LogP contribution in [0.15, 0.2) is 101 Å². The highest BCUT2D eigenvalue weighted by molar-refractivity contribution is 8.00. The van der Waals surface area contributed by atoms with Crippen molar-refractivity contribution in [1.82, 2.24) is 10.2 Å². The number of carbonyl (C=O) groups is 2. The molecule has 0 bridgehead atoms. The van der Waals surface area contributed by atoms with Gasteiger partial charge in [0, 0.05) is 27.8 Å². The van der Waals surface area contributed by atoms with Crippen LogP contribution in [0.2, 0.25) is 10.0 Å². The zero-order valence-corrected chi connectivity index (χ0v) is 28.6. The zero-order chi connectivity index (χ0) is 33.4. The molecular weight excluding hydrogens is 689 g/mol. The maximum atomic E-state index is 13.8. The molecule has 7 rings (SSSR count). The monoisotopic (exact) mass is 715 g/mol. The van der Waals surface area contributed by atoms with E-state index in [0.29, 0.717) is 50.0 Å². The summed E-state index contributed by atoms with van der Waals surface area (Å²) in [4.78, 5) is 28.9. The Kier molecular flexibility index (Phi) is 9.15. The number of ether oxygens (including phenoxy) is 2. The Balaban J connectivity index is 1.25. The third kappa shape index (κ3) is 6.53. The summed E-state index contributed by atoms with van der Waals surface area (Å²) in [6.07, 6.45) is 0.670. The average Bonchev–Trinajstić information content (AvgIpc) is 3.78. The lowest BCUT2D eigenvalue weighted by Gasteiger charge is -2.23. The van der Waals surface area contributed by atoms with Gasteiger partial charge in [0.05, 0.1) is 11.6 Å². The number of hydrogen-bond acceptors (Lipinski definition) is 9. The third-order valence-corrected chi connectivity index (χ3v) is 10.7. The van der Waals surface area contributed by atoms with Crippen LogP contribution in [0.25, 0.3) is 5.76 Å². The average molecular weight is 717 g/mol. The van der Waals surface area contributed by atoms with Crippen molar-refractivity contribution in [3.63, 3.8) is 0 Å². The number of hydrogen-bond donors (Lipinski definition) is 1. The Bertz CT molecular complexity index is 2070. The Morgan fingerprint density at radius 2 is 1.85 bits per heavy atom. The van der Waals surface area contributed by atoms with Gasteiger partial charge in [-0.25, -0.2) is 0 Å². The first-order valence-corrected chi connectivity index (χ1v) is 17.6. The van der Waals surface area contributed by atoms with Crippen LogP contribution in [0.5, 0.6) is 11.5 Å². The van der Waals surface area contributed by atoms with Crippen LogP contribution in [-0.2, 0) is 28.4 Å². The molecule has 4 aromatic carbocycles. The molecule has 0 radical (unpaired) electrons. The van der Waals surface area contributed by atoms with E-state index in [9.17, 15) is 14.7 Å². The second-order valence-electron chi connectivity index (χ2n) is 11.3. The first kappa shape index (κ1) is 32.2. The number of carbonyl (C=O) groups excluding carboxylic acids is 2. The number of ketones is 1. The lowest BCUT2D eigenvalue weighted by Crippen LogP contribution is -2.29. The number of nitrogens with zero attached hydrogens (tertiary/aromatic N) is 3. The minimum atomic E-state index is -0.995. The molecule has 0 spiro atoms. The Morgan fingerprint density at radius 1 is 1.02 bits per heavy atom. The number of aromatic nitrogens is 2. The fourth-order valence-electron chi connectivity index (χ4n) is 5.72. The first-order chi connectivity index (χ1) is 23.2. The van der Waals surface area contributed by atoms with Crippen LogP contribution in [0.1, 0.15) is 40.8 Å². The molecule has 3 heterocycles. The maximum Gasteiger partial charge on any atom is 0.301 e. The molecule has 1 amide bonds. The molecule has 2 aliphatic heterocycles. The number of amides is 1. The first-order valence-electron chi connectivity index (χ1n) is 15.0. The zero-order valence-electron chi connectivity index (χ0n) is 25.4. The van der Waals surface area contributed by atoms with E-state index in [2.05, 4.69) is 10.2 Å². The van der Waals surface area contributed by atoms with Crippen LogP contribution in [0.3, 0.4) is 0 Å². The van der Waals surface area contributed by atoms with Gasteiger partial charge in [-0.2, -0.15) is 0 Å². The fourth-order valence-corrected chi connectivity index (χ4v) is 8.15. The van der Waals surface area contributed by atoms with Crippen molar-refractivity contribution in [3.8, 4) is 11.5 Å². The van der Waals surface area contributed by atoms with Crippen molar-refractivity contribution in [2.45, 2.75) is 42.2 Å². The molecule has 1 fully saturated rings. The number of rotatable bonds is 9. The van der Waals surface area contributed by atoms with E-state index in [1.807, 2.05) is 49.4 Å². The lowest BCUT2D eigenvalue weighted by atomic mass is 9.94. The largest absolute Gasteiger partial charge is 0.507 e. The second-order valence-corrected chi connectivity index (χ2v) is 14.4. The van der Waals surface area contributed by atoms with Gasteiger partial charge in [0.15, 0.2) is 4.34 Å². The summed E-state index contributed by atoms with van der Waals surface area (Å²) in [5, 5.41) is 21.7. The Labute approximate surface area is 294 Å². The van der Waals surface area contributed by atoms with Gasteiger partial charge in [0.1, 0.15) is 30.0 Å². The highest BCUT2D eigenvalue weighted by atomic mass is 35.5. The lowest BCUT2D eigenvalue weighted by molar-refractivity contribution is -0.132. The molecule has 0 saturated carbocycles. The quantitative estimate of drug-likeness (QED) is 0.0532. The van der Waals surface area contributed by atoms with E-state index in [-0.39, 0.29) is 22.6 Å². The highest BCUT2D eigenvalue weighted by Gasteiger charge is 2.48. The summed E-state index contributed by atoms with van der Waals surface area (Å²) in [6.45, 7) is 2.30. The minimum Gasteiger partial charge on any atom is -0.507 e. The van der Waals surface area contributed by atoms with Gasteiger partial charge in [-0.15, -0.1) is 10.2 Å². The van der Waals surface area contributed by atoms with Crippen LogP contribution >= 0.6 is 46.3 Å². The van der Waals surface area contributed by atoms with Crippen LogP contribution in [0.4, 0.5) is 5.13 Å². The predicted molar refractivity (Wildman–Crippen MR) is 188 cm³/mol. The van der Waals surface area contributed by atoms with Crippen molar-refractivity contribution in [2.75, 3.05) is 4.90 Å². The van der Waals surface area contributed by atoms with Gasteiger partial charge in [0.25, 0.3) is 5.78 Å². The molecule has 1 saturated heterocycles. The second kappa shape index (κ2) is 13.6. The van der Waals surface area contributed by atoms with Crippen LogP contribution in [-0.4, -0.2) is 33.1 Å². The van der Waals surface area contributed by atoms with Gasteiger partial charge >= 0.3 is 5.91 Å². The van der Waals surface area contributed by atoms with Crippen molar-refractivity contribution >= 4 is 68.9 Å². The van der Waals surface area contributed by atoms with E-state index in [1.165, 1.54) is 28.0 Å². The maximum absolute atomic E-state index is 13.8. The number of aliphatic hydroxyl groups excluding tert-OH is 1. The van der Waals surface area contributed by atoms with E-state index in [4.69, 9.17) is 32.7 Å². The van der Waals surface area contributed by atoms with Crippen molar-refractivity contribution in [1.29, 1.82) is 0 Å². The van der Waals surface area contributed by atoms with Gasteiger partial charge in [-0.1, -0.05) is 94.8 Å². The molecule has 5 aromatic rings.